The van der Waals surface area contributed by atoms with E-state index in [0.29, 0.717) is 12.8 Å². The Hall–Kier alpha value is -0.890. The molecule has 5 aliphatic carbocycles. The van der Waals surface area contributed by atoms with Gasteiger partial charge in [0.2, 0.25) is 0 Å². The smallest absolute Gasteiger partial charge is 0.302 e. The molecule has 276 valence electrons. The molecule has 1 heterocycles. The summed E-state index contributed by atoms with van der Waals surface area (Å²) in [7, 11) is 0. The highest BCUT2D eigenvalue weighted by Crippen LogP contribution is 2.89. The van der Waals surface area contributed by atoms with Gasteiger partial charge in [-0.05, 0) is 110 Å². The Balaban J connectivity index is 1.27. The highest BCUT2D eigenvalue weighted by atomic mass is 16.7. The van der Waals surface area contributed by atoms with Gasteiger partial charge in [-0.25, -0.2) is 0 Å². The van der Waals surface area contributed by atoms with Crippen LogP contribution in [-0.2, 0) is 19.0 Å². The number of fused-ring (bicyclic) bond motifs is 2. The van der Waals surface area contributed by atoms with Crippen LogP contribution in [0.15, 0.2) is 0 Å². The molecule has 0 aromatic heterocycles. The number of aliphatic hydroxyl groups excluding tert-OH is 6. The van der Waals surface area contributed by atoms with Gasteiger partial charge in [0.15, 0.2) is 6.29 Å². The number of aliphatic hydroxyl groups is 7. The Morgan fingerprint density at radius 3 is 2.25 bits per heavy atom. The van der Waals surface area contributed by atoms with E-state index in [1.165, 1.54) is 20.8 Å². The summed E-state index contributed by atoms with van der Waals surface area (Å²) < 4.78 is 18.1. The van der Waals surface area contributed by atoms with Crippen molar-refractivity contribution in [2.45, 2.75) is 167 Å². The molecule has 0 bridgehead atoms. The molecule has 6 aliphatic rings. The number of carbonyl (C=O) groups excluding carboxylic acids is 1. The first-order valence-corrected chi connectivity index (χ1v) is 18.3. The summed E-state index contributed by atoms with van der Waals surface area (Å²) in [5.41, 5.74) is -2.47. The van der Waals surface area contributed by atoms with Gasteiger partial charge in [0.05, 0.1) is 30.5 Å². The lowest BCUT2D eigenvalue weighted by Crippen LogP contribution is -2.63. The molecule has 1 aliphatic heterocycles. The van der Waals surface area contributed by atoms with E-state index in [9.17, 15) is 40.5 Å². The van der Waals surface area contributed by atoms with Gasteiger partial charge in [-0.3, -0.25) is 4.79 Å². The number of esters is 1. The van der Waals surface area contributed by atoms with Crippen molar-refractivity contribution in [1.82, 2.24) is 0 Å². The maximum absolute atomic E-state index is 12.5. The van der Waals surface area contributed by atoms with Gasteiger partial charge in [-0.1, -0.05) is 34.6 Å². The first-order chi connectivity index (χ1) is 22.1. The van der Waals surface area contributed by atoms with E-state index >= 15 is 0 Å². The van der Waals surface area contributed by atoms with Crippen molar-refractivity contribution in [2.75, 3.05) is 6.61 Å². The Bertz CT molecular complexity index is 1240. The minimum absolute atomic E-state index is 0.0318. The molecule has 5 saturated carbocycles. The summed E-state index contributed by atoms with van der Waals surface area (Å²) in [5.74, 6) is -0.363. The van der Waals surface area contributed by atoms with Gasteiger partial charge >= 0.3 is 5.97 Å². The predicted molar refractivity (Wildman–Crippen MR) is 174 cm³/mol. The third kappa shape index (κ3) is 5.18. The van der Waals surface area contributed by atoms with Crippen molar-refractivity contribution >= 4 is 5.97 Å². The number of hydrogen-bond donors (Lipinski definition) is 7. The van der Waals surface area contributed by atoms with E-state index in [2.05, 4.69) is 34.6 Å². The fourth-order valence-electron chi connectivity index (χ4n) is 13.2. The zero-order valence-corrected chi connectivity index (χ0v) is 30.1. The van der Waals surface area contributed by atoms with Crippen LogP contribution >= 0.6 is 0 Å². The lowest BCUT2D eigenvalue weighted by atomic mass is 9.41. The van der Waals surface area contributed by atoms with Crippen molar-refractivity contribution in [3.8, 4) is 0 Å². The Morgan fingerprint density at radius 2 is 1.62 bits per heavy atom. The summed E-state index contributed by atoms with van der Waals surface area (Å²) in [6.45, 7) is 15.3. The molecule has 11 nitrogen and oxygen atoms in total. The average molecular weight is 683 g/mol. The van der Waals surface area contributed by atoms with Crippen molar-refractivity contribution < 1.29 is 54.8 Å². The maximum Gasteiger partial charge on any atom is 0.302 e. The molecule has 2 spiro atoms. The molecule has 6 rings (SSSR count). The first kappa shape index (κ1) is 36.9. The minimum Gasteiger partial charge on any atom is -0.462 e. The Kier molecular flexibility index (Phi) is 9.08. The Morgan fingerprint density at radius 1 is 0.958 bits per heavy atom. The van der Waals surface area contributed by atoms with Gasteiger partial charge in [-0.15, -0.1) is 0 Å². The van der Waals surface area contributed by atoms with E-state index < -0.39 is 53.9 Å². The molecule has 6 fully saturated rings. The molecule has 11 heteroatoms. The molecule has 17 atom stereocenters. The second-order valence-corrected chi connectivity index (χ2v) is 18.6. The van der Waals surface area contributed by atoms with E-state index in [4.69, 9.17) is 14.2 Å². The van der Waals surface area contributed by atoms with Gasteiger partial charge in [0.1, 0.15) is 30.5 Å². The molecular weight excluding hydrogens is 620 g/mol. The summed E-state index contributed by atoms with van der Waals surface area (Å²) in [5, 5.41) is 75.1. The van der Waals surface area contributed by atoms with E-state index in [0.717, 1.165) is 32.1 Å². The van der Waals surface area contributed by atoms with Crippen LogP contribution in [0.5, 0.6) is 0 Å². The van der Waals surface area contributed by atoms with E-state index in [1.807, 2.05) is 0 Å². The SMILES string of the molecule is CC(=O)O[C@H]1C[C@@]2(C)[C@@H]3C[C@H](O)[C@H]4C(C)(C)[C@@H](O[C@@H]5OC[C@@H](O)[C@H](O)[C@H]5O)CC[C@@]45C[C@@]35CC[C@]2(C)[C@H]1[C@H](C)C[C@@H](O)[C@@H](O)C(C)(C)O. The van der Waals surface area contributed by atoms with Gasteiger partial charge in [0, 0.05) is 12.8 Å². The van der Waals surface area contributed by atoms with Gasteiger partial charge in [0.25, 0.3) is 0 Å². The van der Waals surface area contributed by atoms with Crippen LogP contribution in [0.1, 0.15) is 107 Å². The normalized spacial score (nSPS) is 51.4. The van der Waals surface area contributed by atoms with Gasteiger partial charge in [-0.2, -0.15) is 0 Å². The molecule has 7 N–H and O–H groups in total. The van der Waals surface area contributed by atoms with E-state index in [1.54, 1.807) is 0 Å². The number of rotatable bonds is 8. The number of carbonyl (C=O) groups is 1. The number of hydrogen-bond acceptors (Lipinski definition) is 11. The van der Waals surface area contributed by atoms with Crippen LogP contribution in [0.3, 0.4) is 0 Å². The summed E-state index contributed by atoms with van der Waals surface area (Å²) in [6.07, 6.45) is -2.60. The van der Waals surface area contributed by atoms with E-state index in [-0.39, 0.29) is 76.5 Å². The number of ether oxygens (including phenoxy) is 3. The lowest BCUT2D eigenvalue weighted by molar-refractivity contribution is -0.306. The molecule has 0 aromatic rings. The molecule has 1 saturated heterocycles. The highest BCUT2D eigenvalue weighted by Gasteiger charge is 2.84. The summed E-state index contributed by atoms with van der Waals surface area (Å²) >= 11 is 0. The minimum atomic E-state index is -1.46. The predicted octanol–water partition coefficient (Wildman–Crippen LogP) is 2.28. The second-order valence-electron chi connectivity index (χ2n) is 18.6. The lowest BCUT2D eigenvalue weighted by Gasteiger charge is -2.64. The molecular formula is C37H62O11. The first-order valence-electron chi connectivity index (χ1n) is 18.3. The Labute approximate surface area is 285 Å². The highest BCUT2D eigenvalue weighted by molar-refractivity contribution is 5.66. The van der Waals surface area contributed by atoms with Crippen LogP contribution < -0.4 is 0 Å². The third-order valence-corrected chi connectivity index (χ3v) is 15.4. The van der Waals surface area contributed by atoms with Crippen molar-refractivity contribution in [3.05, 3.63) is 0 Å². The largest absolute Gasteiger partial charge is 0.462 e. The average Bonchev–Trinajstić information content (AvgIpc) is 3.55. The van der Waals surface area contributed by atoms with Crippen molar-refractivity contribution in [2.24, 2.45) is 50.7 Å². The van der Waals surface area contributed by atoms with Crippen LogP contribution in [0.2, 0.25) is 0 Å². The third-order valence-electron chi connectivity index (χ3n) is 15.4. The van der Waals surface area contributed by atoms with Crippen LogP contribution in [0.25, 0.3) is 0 Å². The molecule has 0 unspecified atom stereocenters. The summed E-state index contributed by atoms with van der Waals surface area (Å²) in [4.78, 5) is 12.5. The van der Waals surface area contributed by atoms with Crippen molar-refractivity contribution in [1.29, 1.82) is 0 Å². The maximum atomic E-state index is 12.5. The second kappa shape index (κ2) is 11.8. The standard InChI is InChI=1S/C37H62O11/c1-18(13-21(40)30(44)33(5,6)45)26-23(47-19(2)38)15-35(8)24-14-20(39)29-32(3,4)25(48-31-28(43)27(42)22(41)16-46-31)9-10-37(29)17-36(24,37)12-11-34(26,35)7/h18,20-31,39-45H,9-17H2,1-8H3/t18-,20+,21-,22-,23+,24+,25+,26+,27+,28-,29+,30-,31+,34-,35+,36+,37-/m1/s1. The van der Waals surface area contributed by atoms with Gasteiger partial charge < -0.3 is 50.0 Å². The van der Waals surface area contributed by atoms with Crippen LogP contribution in [0.4, 0.5) is 0 Å². The van der Waals surface area contributed by atoms with Crippen molar-refractivity contribution in [3.63, 3.8) is 0 Å². The topological polar surface area (TPSA) is 186 Å². The van der Waals surface area contributed by atoms with Crippen LogP contribution in [-0.4, -0.2) is 109 Å². The fourth-order valence-corrected chi connectivity index (χ4v) is 13.2. The molecule has 0 radical (unpaired) electrons. The zero-order valence-electron chi connectivity index (χ0n) is 30.1. The fraction of sp³-hybridized carbons (Fsp3) is 0.973. The molecule has 48 heavy (non-hydrogen) atoms. The zero-order chi connectivity index (χ0) is 35.6. The quantitative estimate of drug-likeness (QED) is 0.147. The summed E-state index contributed by atoms with van der Waals surface area (Å²) in [6, 6.07) is 0. The van der Waals surface area contributed by atoms with Crippen LogP contribution in [0, 0.1) is 50.7 Å². The molecule has 0 aromatic carbocycles. The monoisotopic (exact) mass is 682 g/mol. The molecule has 0 amide bonds.